The lowest BCUT2D eigenvalue weighted by atomic mass is 9.99. The Labute approximate surface area is 265 Å². The normalized spacial score (nSPS) is 16.3. The molecular formula is C30H25F8N5O5. The minimum absolute atomic E-state index is 0.0428. The van der Waals surface area contributed by atoms with E-state index in [1.165, 1.54) is 36.8 Å². The summed E-state index contributed by atoms with van der Waals surface area (Å²) in [6, 6.07) is 0.131. The largest absolute Gasteiger partial charge is 0.480 e. The second kappa shape index (κ2) is 12.6. The smallest absolute Gasteiger partial charge is 0.417 e. The fourth-order valence-electron chi connectivity index (χ4n) is 5.50. The fourth-order valence-corrected chi connectivity index (χ4v) is 5.50. The van der Waals surface area contributed by atoms with Crippen molar-refractivity contribution < 1.29 is 54.6 Å². The third kappa shape index (κ3) is 6.43. The molecule has 1 aliphatic rings. The molecule has 3 aromatic heterocycles. The van der Waals surface area contributed by atoms with Crippen LogP contribution in [0.25, 0.3) is 16.8 Å². The summed E-state index contributed by atoms with van der Waals surface area (Å²) >= 11 is 0. The van der Waals surface area contributed by atoms with Crippen molar-refractivity contribution >= 4 is 23.2 Å². The first kappa shape index (κ1) is 34.3. The molecule has 10 nitrogen and oxygen atoms in total. The van der Waals surface area contributed by atoms with E-state index in [1.807, 2.05) is 5.32 Å². The number of nitrogens with one attached hydrogen (secondary N) is 1. The predicted octanol–water partition coefficient (Wildman–Crippen LogP) is 4.50. The number of aliphatic carboxylic acids is 1. The third-order valence-corrected chi connectivity index (χ3v) is 7.99. The zero-order valence-electron chi connectivity index (χ0n) is 24.9. The molecule has 1 aliphatic heterocycles. The van der Waals surface area contributed by atoms with Crippen molar-refractivity contribution in [1.82, 2.24) is 19.3 Å². The number of alkyl halides is 6. The number of hydrogen-bond acceptors (Lipinski definition) is 6. The SMILES string of the molecule is Cc1cc(C(F)(F)F)c(-c2ccc(C[C@H](NC(=O)c3c(F)cc(N4CCOCC4C(F)(F)F)cc3F)C(=O)O)n3ccnc23)c(=O)n1C. The Morgan fingerprint density at radius 2 is 1.77 bits per heavy atom. The molecule has 1 unspecified atom stereocenters. The summed E-state index contributed by atoms with van der Waals surface area (Å²) in [5, 5.41) is 11.8. The lowest BCUT2D eigenvalue weighted by molar-refractivity contribution is -0.167. The Balaban J connectivity index is 1.46. The number of rotatable bonds is 7. The topological polar surface area (TPSA) is 118 Å². The van der Waals surface area contributed by atoms with Crippen molar-refractivity contribution in [2.45, 2.75) is 37.8 Å². The van der Waals surface area contributed by atoms with Gasteiger partial charge in [-0.25, -0.2) is 18.6 Å². The van der Waals surface area contributed by atoms with Crippen molar-refractivity contribution in [3.8, 4) is 11.1 Å². The number of carbonyl (C=O) groups excluding carboxylic acids is 1. The van der Waals surface area contributed by atoms with E-state index in [-0.39, 0.29) is 35.8 Å². The van der Waals surface area contributed by atoms with Gasteiger partial charge in [0.15, 0.2) is 0 Å². The number of ether oxygens (including phenoxy) is 1. The van der Waals surface area contributed by atoms with Gasteiger partial charge in [0.2, 0.25) is 0 Å². The highest BCUT2D eigenvalue weighted by molar-refractivity contribution is 5.97. The second-order valence-corrected chi connectivity index (χ2v) is 11.0. The number of imidazole rings is 1. The number of carboxylic acids is 1. The minimum Gasteiger partial charge on any atom is -0.480 e. The molecule has 256 valence electrons. The van der Waals surface area contributed by atoms with Crippen molar-refractivity contribution in [3.63, 3.8) is 0 Å². The summed E-state index contributed by atoms with van der Waals surface area (Å²) in [4.78, 5) is 42.9. The third-order valence-electron chi connectivity index (χ3n) is 7.99. The number of carboxylic acid groups (broad SMARTS) is 1. The molecule has 4 heterocycles. The molecule has 5 rings (SSSR count). The average Bonchev–Trinajstić information content (AvgIpc) is 3.49. The molecule has 0 spiro atoms. The van der Waals surface area contributed by atoms with Crippen LogP contribution in [0.4, 0.5) is 40.8 Å². The van der Waals surface area contributed by atoms with Crippen molar-refractivity contribution in [1.29, 1.82) is 0 Å². The molecule has 0 saturated carbocycles. The van der Waals surface area contributed by atoms with E-state index < -0.39 is 88.9 Å². The molecule has 0 aliphatic carbocycles. The van der Waals surface area contributed by atoms with Crippen LogP contribution in [-0.2, 0) is 29.2 Å². The molecule has 1 saturated heterocycles. The van der Waals surface area contributed by atoms with Crippen LogP contribution in [0.2, 0.25) is 0 Å². The standard InChI is InChI=1S/C30H25F8N5O5/c1-14-9-18(29(33,34)35)23(27(45)41(14)2)17-4-3-15(43-6-5-39-25(17)43)12-21(28(46)47)40-26(44)24-19(31)10-16(11-20(24)32)42-7-8-48-13-22(42)30(36,37)38/h3-6,9-11,21-22H,7-8,12-13H2,1-2H3,(H,40,44)(H,46,47)/t21-,22?/m0/s1. The minimum atomic E-state index is -4.92. The van der Waals surface area contributed by atoms with Crippen molar-refractivity contribution in [3.05, 3.63) is 87.2 Å². The van der Waals surface area contributed by atoms with Gasteiger partial charge in [0, 0.05) is 55.0 Å². The van der Waals surface area contributed by atoms with Gasteiger partial charge in [0.1, 0.15) is 34.9 Å². The molecule has 0 bridgehead atoms. The van der Waals surface area contributed by atoms with Crippen LogP contribution < -0.4 is 15.8 Å². The number of hydrogen-bond donors (Lipinski definition) is 2. The Morgan fingerprint density at radius 3 is 2.38 bits per heavy atom. The van der Waals surface area contributed by atoms with Crippen LogP contribution in [0.3, 0.4) is 0 Å². The number of amides is 1. The van der Waals surface area contributed by atoms with Crippen LogP contribution in [-0.4, -0.2) is 69.0 Å². The monoisotopic (exact) mass is 687 g/mol. The number of nitrogens with zero attached hydrogens (tertiary/aromatic N) is 4. The Morgan fingerprint density at radius 1 is 1.10 bits per heavy atom. The van der Waals surface area contributed by atoms with Crippen molar-refractivity contribution in [2.75, 3.05) is 24.7 Å². The maximum absolute atomic E-state index is 15.1. The number of anilines is 1. The average molecular weight is 688 g/mol. The highest BCUT2D eigenvalue weighted by atomic mass is 19.4. The van der Waals surface area contributed by atoms with Gasteiger partial charge >= 0.3 is 18.3 Å². The summed E-state index contributed by atoms with van der Waals surface area (Å²) in [6.07, 6.45) is -7.83. The van der Waals surface area contributed by atoms with Gasteiger partial charge in [-0.05, 0) is 37.3 Å². The number of benzene rings is 1. The van der Waals surface area contributed by atoms with E-state index in [2.05, 4.69) is 4.98 Å². The van der Waals surface area contributed by atoms with Gasteiger partial charge in [0.05, 0.1) is 24.3 Å². The van der Waals surface area contributed by atoms with Crippen LogP contribution in [0.5, 0.6) is 0 Å². The van der Waals surface area contributed by atoms with E-state index in [9.17, 15) is 45.8 Å². The highest BCUT2D eigenvalue weighted by Gasteiger charge is 2.46. The van der Waals surface area contributed by atoms with Gasteiger partial charge < -0.3 is 29.0 Å². The molecular weight excluding hydrogens is 662 g/mol. The number of pyridine rings is 2. The predicted molar refractivity (Wildman–Crippen MR) is 153 cm³/mol. The summed E-state index contributed by atoms with van der Waals surface area (Å²) in [5.74, 6) is -6.30. The molecule has 48 heavy (non-hydrogen) atoms. The van der Waals surface area contributed by atoms with E-state index in [0.717, 1.165) is 16.7 Å². The summed E-state index contributed by atoms with van der Waals surface area (Å²) in [5.41, 5.74) is -4.90. The molecule has 2 N–H and O–H groups in total. The Bertz CT molecular complexity index is 1950. The number of morpholine rings is 1. The summed E-state index contributed by atoms with van der Waals surface area (Å²) in [6.45, 7) is 0.0296. The first-order valence-corrected chi connectivity index (χ1v) is 14.1. The fraction of sp³-hybridized carbons (Fsp3) is 0.333. The second-order valence-electron chi connectivity index (χ2n) is 11.0. The van der Waals surface area contributed by atoms with Gasteiger partial charge in [0.25, 0.3) is 11.5 Å². The molecule has 4 aromatic rings. The zero-order chi connectivity index (χ0) is 35.3. The Hall–Kier alpha value is -5.00. The van der Waals surface area contributed by atoms with E-state index in [1.54, 1.807) is 0 Å². The quantitative estimate of drug-likeness (QED) is 0.275. The van der Waals surface area contributed by atoms with Crippen LogP contribution >= 0.6 is 0 Å². The number of carbonyl (C=O) groups is 2. The highest BCUT2D eigenvalue weighted by Crippen LogP contribution is 2.37. The van der Waals surface area contributed by atoms with Gasteiger partial charge in [-0.1, -0.05) is 0 Å². The van der Waals surface area contributed by atoms with Gasteiger partial charge in [-0.15, -0.1) is 0 Å². The Kier molecular flexibility index (Phi) is 8.98. The summed E-state index contributed by atoms with van der Waals surface area (Å²) < 4.78 is 120. The maximum Gasteiger partial charge on any atom is 0.417 e. The number of aryl methyl sites for hydroxylation is 1. The van der Waals surface area contributed by atoms with Crippen LogP contribution in [0.15, 0.2) is 47.5 Å². The lowest BCUT2D eigenvalue weighted by Gasteiger charge is -2.38. The van der Waals surface area contributed by atoms with Crippen LogP contribution in [0.1, 0.15) is 27.3 Å². The van der Waals surface area contributed by atoms with Gasteiger partial charge in [-0.2, -0.15) is 26.3 Å². The van der Waals surface area contributed by atoms with Crippen molar-refractivity contribution in [2.24, 2.45) is 7.05 Å². The van der Waals surface area contributed by atoms with E-state index in [4.69, 9.17) is 4.74 Å². The molecule has 1 aromatic carbocycles. The lowest BCUT2D eigenvalue weighted by Crippen LogP contribution is -2.53. The zero-order valence-corrected chi connectivity index (χ0v) is 24.9. The number of halogens is 8. The van der Waals surface area contributed by atoms with Gasteiger partial charge in [-0.3, -0.25) is 9.59 Å². The molecule has 1 fully saturated rings. The first-order chi connectivity index (χ1) is 22.4. The maximum atomic E-state index is 15.1. The molecule has 0 radical (unpaired) electrons. The molecule has 1 amide bonds. The summed E-state index contributed by atoms with van der Waals surface area (Å²) in [7, 11) is 1.29. The molecule has 18 heteroatoms. The number of fused-ring (bicyclic) bond motifs is 1. The first-order valence-electron chi connectivity index (χ1n) is 14.1. The van der Waals surface area contributed by atoms with Crippen LogP contribution in [0, 0.1) is 18.6 Å². The number of aromatic nitrogens is 3. The molecule has 2 atom stereocenters. The van der Waals surface area contributed by atoms with E-state index >= 15 is 8.78 Å². The van der Waals surface area contributed by atoms with E-state index in [0.29, 0.717) is 17.0 Å².